The number of imidazole rings is 1. The number of primary amides is 1. The van der Waals surface area contributed by atoms with E-state index in [1.54, 1.807) is 4.57 Å². The van der Waals surface area contributed by atoms with Gasteiger partial charge in [-0.2, -0.15) is 0 Å². The number of H-pyrrole nitrogens is 1. The molecule has 0 radical (unpaired) electrons. The Bertz CT molecular complexity index is 404. The number of nitrogens with one attached hydrogen (secondary N) is 1. The van der Waals surface area contributed by atoms with Gasteiger partial charge in [-0.05, 0) is 18.1 Å². The lowest BCUT2D eigenvalue weighted by Crippen LogP contribution is -2.15. The molecule has 1 aromatic rings. The van der Waals surface area contributed by atoms with Crippen LogP contribution in [0.15, 0.2) is 0 Å². The Morgan fingerprint density at radius 3 is 2.57 bits per heavy atom. The van der Waals surface area contributed by atoms with Gasteiger partial charge >= 0.3 is 0 Å². The van der Waals surface area contributed by atoms with E-state index in [4.69, 9.17) is 23.7 Å². The summed E-state index contributed by atoms with van der Waals surface area (Å²) >= 11 is 5.02. The number of nitrogens with zero attached hydrogens (tertiary/aromatic N) is 1. The van der Waals surface area contributed by atoms with E-state index in [0.717, 1.165) is 0 Å². The lowest BCUT2D eigenvalue weighted by atomic mass is 10.2. The molecular weight excluding hydrogens is 200 g/mol. The van der Waals surface area contributed by atoms with E-state index in [-0.39, 0.29) is 5.69 Å². The van der Waals surface area contributed by atoms with Crippen LogP contribution < -0.4 is 11.5 Å². The first-order valence-corrected chi connectivity index (χ1v) is 4.72. The summed E-state index contributed by atoms with van der Waals surface area (Å²) in [5, 5.41) is 0. The Balaban J connectivity index is 3.18. The summed E-state index contributed by atoms with van der Waals surface area (Å²) in [7, 11) is 0. The molecule has 6 heteroatoms. The fourth-order valence-corrected chi connectivity index (χ4v) is 1.49. The van der Waals surface area contributed by atoms with Gasteiger partial charge in [0, 0.05) is 6.54 Å². The van der Waals surface area contributed by atoms with E-state index in [0.29, 0.717) is 23.1 Å². The van der Waals surface area contributed by atoms with Gasteiger partial charge in [-0.3, -0.25) is 4.79 Å². The highest BCUT2D eigenvalue weighted by Gasteiger charge is 2.13. The highest BCUT2D eigenvalue weighted by molar-refractivity contribution is 7.71. The Morgan fingerprint density at radius 2 is 2.21 bits per heavy atom. The lowest BCUT2D eigenvalue weighted by Gasteiger charge is -2.07. The van der Waals surface area contributed by atoms with Crippen molar-refractivity contribution in [3.8, 4) is 0 Å². The molecule has 0 fully saturated rings. The first-order chi connectivity index (χ1) is 6.43. The Labute approximate surface area is 87.1 Å². The van der Waals surface area contributed by atoms with E-state index < -0.39 is 5.91 Å². The second kappa shape index (κ2) is 3.83. The van der Waals surface area contributed by atoms with Crippen LogP contribution in [0.5, 0.6) is 0 Å². The minimum Gasteiger partial charge on any atom is -0.383 e. The lowest BCUT2D eigenvalue weighted by molar-refractivity contribution is 0.0997. The summed E-state index contributed by atoms with van der Waals surface area (Å²) in [4.78, 5) is 13.6. The van der Waals surface area contributed by atoms with E-state index in [1.807, 2.05) is 13.8 Å². The molecule has 5 nitrogen and oxygen atoms in total. The zero-order chi connectivity index (χ0) is 10.9. The predicted octanol–water partition coefficient (Wildman–Crippen LogP) is 0.883. The Hall–Kier alpha value is -1.30. The number of amides is 1. The summed E-state index contributed by atoms with van der Waals surface area (Å²) in [5.74, 6) is 0.132. The second-order valence-corrected chi connectivity index (χ2v) is 3.95. The molecule has 0 unspecified atom stereocenters. The number of rotatable bonds is 3. The van der Waals surface area contributed by atoms with Gasteiger partial charge in [-0.1, -0.05) is 13.8 Å². The van der Waals surface area contributed by atoms with Crippen molar-refractivity contribution in [2.45, 2.75) is 20.4 Å². The average molecular weight is 214 g/mol. The zero-order valence-corrected chi connectivity index (χ0v) is 9.02. The van der Waals surface area contributed by atoms with Crippen LogP contribution in [0.2, 0.25) is 0 Å². The minimum absolute atomic E-state index is 0.190. The number of carbonyl (C=O) groups excluding carboxylic acids is 1. The first kappa shape index (κ1) is 10.8. The van der Waals surface area contributed by atoms with Crippen LogP contribution in [0.1, 0.15) is 24.3 Å². The highest BCUT2D eigenvalue weighted by atomic mass is 32.1. The molecule has 0 atom stereocenters. The summed E-state index contributed by atoms with van der Waals surface area (Å²) in [5.41, 5.74) is 11.0. The van der Waals surface area contributed by atoms with Crippen LogP contribution in [-0.4, -0.2) is 15.5 Å². The number of nitrogen functional groups attached to an aromatic ring is 1. The number of hydrogen-bond acceptors (Lipinski definition) is 3. The first-order valence-electron chi connectivity index (χ1n) is 4.31. The molecule has 1 heterocycles. The second-order valence-electron chi connectivity index (χ2n) is 3.56. The topological polar surface area (TPSA) is 89.8 Å². The van der Waals surface area contributed by atoms with Crippen molar-refractivity contribution in [3.05, 3.63) is 10.5 Å². The molecule has 0 saturated heterocycles. The summed E-state index contributed by atoms with van der Waals surface area (Å²) < 4.78 is 2.12. The average Bonchev–Trinajstić information content (AvgIpc) is 2.31. The molecule has 0 saturated carbocycles. The van der Waals surface area contributed by atoms with Crippen LogP contribution >= 0.6 is 12.2 Å². The number of aromatic amines is 1. The van der Waals surface area contributed by atoms with Crippen molar-refractivity contribution in [2.75, 3.05) is 5.73 Å². The number of carbonyl (C=O) groups is 1. The monoisotopic (exact) mass is 214 g/mol. The summed E-state index contributed by atoms with van der Waals surface area (Å²) in [6.07, 6.45) is 0. The smallest absolute Gasteiger partial charge is 0.268 e. The van der Waals surface area contributed by atoms with Gasteiger partial charge in [0.2, 0.25) is 0 Å². The number of anilines is 1. The van der Waals surface area contributed by atoms with Crippen LogP contribution in [0.25, 0.3) is 0 Å². The quantitative estimate of drug-likeness (QED) is 0.652. The molecule has 0 aliphatic rings. The standard InChI is InChI=1S/C8H14N4OS/c1-4(2)3-12-6(9)5(7(10)13)11-8(12)14/h4H,3,9H2,1-2H3,(H2,10,13)(H,11,14). The number of aromatic nitrogens is 2. The maximum atomic E-state index is 10.9. The van der Waals surface area contributed by atoms with Gasteiger partial charge < -0.3 is 21.0 Å². The molecule has 5 N–H and O–H groups in total. The fraction of sp³-hybridized carbons (Fsp3) is 0.500. The Kier molecular flexibility index (Phi) is 2.95. The van der Waals surface area contributed by atoms with Crippen LogP contribution in [-0.2, 0) is 6.54 Å². The molecular formula is C8H14N4OS. The van der Waals surface area contributed by atoms with Gasteiger partial charge in [0.05, 0.1) is 0 Å². The molecule has 14 heavy (non-hydrogen) atoms. The van der Waals surface area contributed by atoms with Crippen LogP contribution in [0.4, 0.5) is 5.82 Å². The van der Waals surface area contributed by atoms with E-state index >= 15 is 0 Å². The van der Waals surface area contributed by atoms with E-state index in [9.17, 15) is 4.79 Å². The van der Waals surface area contributed by atoms with Crippen molar-refractivity contribution in [1.29, 1.82) is 0 Å². The normalized spacial score (nSPS) is 10.8. The molecule has 0 bridgehead atoms. The largest absolute Gasteiger partial charge is 0.383 e. The van der Waals surface area contributed by atoms with Gasteiger partial charge in [0.25, 0.3) is 5.91 Å². The Morgan fingerprint density at radius 1 is 1.64 bits per heavy atom. The third kappa shape index (κ3) is 1.95. The predicted molar refractivity (Wildman–Crippen MR) is 57.4 cm³/mol. The minimum atomic E-state index is -0.587. The molecule has 0 aliphatic heterocycles. The molecule has 0 spiro atoms. The molecule has 1 amide bonds. The number of hydrogen-bond donors (Lipinski definition) is 3. The summed E-state index contributed by atoms with van der Waals surface area (Å²) in [6, 6.07) is 0. The van der Waals surface area contributed by atoms with Gasteiger partial charge in [0.1, 0.15) is 11.5 Å². The van der Waals surface area contributed by atoms with Crippen molar-refractivity contribution in [3.63, 3.8) is 0 Å². The maximum Gasteiger partial charge on any atom is 0.268 e. The van der Waals surface area contributed by atoms with Crippen LogP contribution in [0, 0.1) is 10.7 Å². The van der Waals surface area contributed by atoms with E-state index in [1.165, 1.54) is 0 Å². The van der Waals surface area contributed by atoms with Crippen molar-refractivity contribution in [1.82, 2.24) is 9.55 Å². The molecule has 1 rings (SSSR count). The zero-order valence-electron chi connectivity index (χ0n) is 8.20. The third-order valence-corrected chi connectivity index (χ3v) is 2.14. The SMILES string of the molecule is CC(C)Cn1c(N)c(C(N)=O)[nH]c1=S. The van der Waals surface area contributed by atoms with Crippen LogP contribution in [0.3, 0.4) is 0 Å². The molecule has 0 aliphatic carbocycles. The van der Waals surface area contributed by atoms with Gasteiger partial charge in [-0.25, -0.2) is 0 Å². The van der Waals surface area contributed by atoms with Crippen molar-refractivity contribution in [2.24, 2.45) is 11.7 Å². The molecule has 0 aromatic carbocycles. The highest BCUT2D eigenvalue weighted by Crippen LogP contribution is 2.13. The maximum absolute atomic E-state index is 10.9. The molecule has 78 valence electrons. The fourth-order valence-electron chi connectivity index (χ4n) is 1.22. The van der Waals surface area contributed by atoms with Gasteiger partial charge in [0.15, 0.2) is 4.77 Å². The van der Waals surface area contributed by atoms with Gasteiger partial charge in [-0.15, -0.1) is 0 Å². The summed E-state index contributed by atoms with van der Waals surface area (Å²) in [6.45, 7) is 4.75. The molecule has 1 aromatic heterocycles. The third-order valence-electron chi connectivity index (χ3n) is 1.82. The number of nitrogens with two attached hydrogens (primary N) is 2. The van der Waals surface area contributed by atoms with E-state index in [2.05, 4.69) is 4.98 Å². The van der Waals surface area contributed by atoms with Crippen molar-refractivity contribution >= 4 is 23.9 Å². The van der Waals surface area contributed by atoms with Crippen molar-refractivity contribution < 1.29 is 4.79 Å².